The molecule has 0 spiro atoms. The Hall–Kier alpha value is -1.02. The van der Waals surface area contributed by atoms with Crippen molar-refractivity contribution in [1.29, 1.82) is 0 Å². The summed E-state index contributed by atoms with van der Waals surface area (Å²) in [5, 5.41) is 8.67. The molecule has 2 nitrogen and oxygen atoms in total. The summed E-state index contributed by atoms with van der Waals surface area (Å²) in [7, 11) is 0. The van der Waals surface area contributed by atoms with Crippen LogP contribution < -0.4 is 0 Å². The zero-order valence-electron chi connectivity index (χ0n) is 7.63. The molecular weight excluding hydrogens is 184 g/mol. The van der Waals surface area contributed by atoms with Gasteiger partial charge in [0.15, 0.2) is 0 Å². The second-order valence-corrected chi connectivity index (χ2v) is 3.83. The molecule has 2 rings (SSSR count). The van der Waals surface area contributed by atoms with E-state index >= 15 is 0 Å². The van der Waals surface area contributed by atoms with Gasteiger partial charge in [-0.05, 0) is 17.5 Å². The molecule has 3 heteroatoms. The van der Waals surface area contributed by atoms with Crippen molar-refractivity contribution in [3.8, 4) is 0 Å². The van der Waals surface area contributed by atoms with E-state index in [9.17, 15) is 0 Å². The Morgan fingerprint density at radius 3 is 2.85 bits per heavy atom. The first kappa shape index (κ1) is 8.57. The quantitative estimate of drug-likeness (QED) is 0.741. The number of hydrogen-bond acceptors (Lipinski definition) is 1. The first-order valence-electron chi connectivity index (χ1n) is 4.31. The van der Waals surface area contributed by atoms with Crippen molar-refractivity contribution in [2.45, 2.75) is 19.8 Å². The molecule has 1 aromatic heterocycles. The number of hydrogen-bond donors (Lipinski definition) is 1. The number of nitrogens with one attached hydrogen (secondary N) is 1. The molecule has 0 fully saturated rings. The first-order chi connectivity index (χ1) is 6.20. The van der Waals surface area contributed by atoms with Gasteiger partial charge >= 0.3 is 0 Å². The lowest BCUT2D eigenvalue weighted by Crippen LogP contribution is -1.88. The van der Waals surface area contributed by atoms with E-state index in [-0.39, 0.29) is 0 Å². The summed E-state index contributed by atoms with van der Waals surface area (Å²) >= 11 is 6.22. The van der Waals surface area contributed by atoms with Crippen molar-refractivity contribution in [2.75, 3.05) is 0 Å². The van der Waals surface area contributed by atoms with Gasteiger partial charge in [-0.25, -0.2) is 0 Å². The van der Waals surface area contributed by atoms with Gasteiger partial charge in [-0.15, -0.1) is 0 Å². The number of fused-ring (bicyclic) bond motifs is 1. The lowest BCUT2D eigenvalue weighted by atomic mass is 10.0. The number of aromatic amines is 1. The molecule has 0 radical (unpaired) electrons. The molecule has 0 aliphatic heterocycles. The number of benzene rings is 1. The van der Waals surface area contributed by atoms with E-state index in [0.717, 1.165) is 15.9 Å². The molecule has 0 saturated carbocycles. The summed E-state index contributed by atoms with van der Waals surface area (Å²) in [4.78, 5) is 0. The van der Waals surface area contributed by atoms with Crippen LogP contribution in [0.4, 0.5) is 0 Å². The molecule has 0 aliphatic carbocycles. The normalized spacial score (nSPS) is 11.4. The first-order valence-corrected chi connectivity index (χ1v) is 4.69. The predicted molar refractivity (Wildman–Crippen MR) is 55.2 cm³/mol. The minimum atomic E-state index is 0.451. The lowest BCUT2D eigenvalue weighted by molar-refractivity contribution is 0.869. The van der Waals surface area contributed by atoms with Gasteiger partial charge in [0.2, 0.25) is 0 Å². The average Bonchev–Trinajstić information content (AvgIpc) is 2.52. The van der Waals surface area contributed by atoms with Gasteiger partial charge in [-0.2, -0.15) is 5.10 Å². The van der Waals surface area contributed by atoms with Crippen molar-refractivity contribution in [1.82, 2.24) is 10.2 Å². The molecule has 1 N–H and O–H groups in total. The van der Waals surface area contributed by atoms with E-state index in [1.807, 2.05) is 12.1 Å². The van der Waals surface area contributed by atoms with Crippen molar-refractivity contribution in [3.05, 3.63) is 28.9 Å². The monoisotopic (exact) mass is 194 g/mol. The topological polar surface area (TPSA) is 28.7 Å². The van der Waals surface area contributed by atoms with E-state index in [1.54, 1.807) is 6.20 Å². The number of nitrogens with zero attached hydrogens (tertiary/aromatic N) is 1. The van der Waals surface area contributed by atoms with Crippen molar-refractivity contribution < 1.29 is 0 Å². The Bertz CT molecular complexity index is 431. The van der Waals surface area contributed by atoms with E-state index in [2.05, 4.69) is 24.0 Å². The molecule has 68 valence electrons. The van der Waals surface area contributed by atoms with Crippen LogP contribution in [0.2, 0.25) is 5.02 Å². The highest BCUT2D eigenvalue weighted by Crippen LogP contribution is 2.30. The minimum Gasteiger partial charge on any atom is -0.278 e. The third-order valence-corrected chi connectivity index (χ3v) is 2.63. The average molecular weight is 195 g/mol. The van der Waals surface area contributed by atoms with Crippen LogP contribution in [0, 0.1) is 0 Å². The lowest BCUT2D eigenvalue weighted by Gasteiger charge is -2.07. The van der Waals surface area contributed by atoms with Crippen molar-refractivity contribution >= 4 is 22.5 Å². The van der Waals surface area contributed by atoms with Gasteiger partial charge in [0.1, 0.15) is 0 Å². The maximum atomic E-state index is 6.22. The van der Waals surface area contributed by atoms with Gasteiger partial charge < -0.3 is 0 Å². The molecule has 2 aromatic rings. The standard InChI is InChI=1S/C10H11ClN2/c1-6(2)7-3-4-9-8(10(7)11)5-12-13-9/h3-6H,1-2H3,(H,12,13). The zero-order chi connectivity index (χ0) is 9.42. The van der Waals surface area contributed by atoms with Crippen LogP contribution >= 0.6 is 11.6 Å². The van der Waals surface area contributed by atoms with Crippen LogP contribution in [0.3, 0.4) is 0 Å². The molecule has 0 unspecified atom stereocenters. The smallest absolute Gasteiger partial charge is 0.0665 e. The van der Waals surface area contributed by atoms with Crippen molar-refractivity contribution in [2.24, 2.45) is 0 Å². The van der Waals surface area contributed by atoms with Gasteiger partial charge in [-0.1, -0.05) is 31.5 Å². The number of halogens is 1. The third-order valence-electron chi connectivity index (χ3n) is 2.21. The fourth-order valence-corrected chi connectivity index (χ4v) is 1.88. The van der Waals surface area contributed by atoms with Crippen LogP contribution in [0.25, 0.3) is 10.9 Å². The van der Waals surface area contributed by atoms with Gasteiger partial charge in [0, 0.05) is 5.39 Å². The molecule has 1 aromatic carbocycles. The summed E-state index contributed by atoms with van der Waals surface area (Å²) in [5.74, 6) is 0.451. The van der Waals surface area contributed by atoms with Crippen LogP contribution in [0.5, 0.6) is 0 Å². The molecule has 0 atom stereocenters. The number of H-pyrrole nitrogens is 1. The van der Waals surface area contributed by atoms with E-state index in [1.165, 1.54) is 5.56 Å². The number of rotatable bonds is 1. The maximum absolute atomic E-state index is 6.22. The highest BCUT2D eigenvalue weighted by molar-refractivity contribution is 6.36. The van der Waals surface area contributed by atoms with Crippen LogP contribution in [0.15, 0.2) is 18.3 Å². The molecule has 1 heterocycles. The van der Waals surface area contributed by atoms with E-state index in [0.29, 0.717) is 5.92 Å². The van der Waals surface area contributed by atoms with Crippen LogP contribution in [0.1, 0.15) is 25.3 Å². The van der Waals surface area contributed by atoms with Gasteiger partial charge in [0.05, 0.1) is 16.7 Å². The maximum Gasteiger partial charge on any atom is 0.0665 e. The molecular formula is C10H11ClN2. The minimum absolute atomic E-state index is 0.451. The Balaban J connectivity index is 2.73. The Labute approximate surface area is 81.9 Å². The highest BCUT2D eigenvalue weighted by Gasteiger charge is 2.08. The van der Waals surface area contributed by atoms with Crippen molar-refractivity contribution in [3.63, 3.8) is 0 Å². The Morgan fingerprint density at radius 2 is 2.15 bits per heavy atom. The fraction of sp³-hybridized carbons (Fsp3) is 0.300. The molecule has 0 amide bonds. The van der Waals surface area contributed by atoms with Gasteiger partial charge in [0.25, 0.3) is 0 Å². The molecule has 0 bridgehead atoms. The molecule has 13 heavy (non-hydrogen) atoms. The van der Waals surface area contributed by atoms with Gasteiger partial charge in [-0.3, -0.25) is 5.10 Å². The summed E-state index contributed by atoms with van der Waals surface area (Å²) in [6.45, 7) is 4.26. The fourth-order valence-electron chi connectivity index (χ4n) is 1.45. The third kappa shape index (κ3) is 1.31. The predicted octanol–water partition coefficient (Wildman–Crippen LogP) is 3.34. The zero-order valence-corrected chi connectivity index (χ0v) is 8.39. The summed E-state index contributed by atoms with van der Waals surface area (Å²) < 4.78 is 0. The van der Waals surface area contributed by atoms with E-state index < -0.39 is 0 Å². The highest BCUT2D eigenvalue weighted by atomic mass is 35.5. The summed E-state index contributed by atoms with van der Waals surface area (Å²) in [6, 6.07) is 4.07. The molecule has 0 saturated heterocycles. The Morgan fingerprint density at radius 1 is 1.38 bits per heavy atom. The van der Waals surface area contributed by atoms with E-state index in [4.69, 9.17) is 11.6 Å². The summed E-state index contributed by atoms with van der Waals surface area (Å²) in [6.07, 6.45) is 1.77. The summed E-state index contributed by atoms with van der Waals surface area (Å²) in [5.41, 5.74) is 2.17. The SMILES string of the molecule is CC(C)c1ccc2[nH]ncc2c1Cl. The largest absolute Gasteiger partial charge is 0.278 e. The Kier molecular flexibility index (Phi) is 2.00. The second-order valence-electron chi connectivity index (χ2n) is 3.45. The van der Waals surface area contributed by atoms with Crippen LogP contribution in [-0.2, 0) is 0 Å². The van der Waals surface area contributed by atoms with Crippen LogP contribution in [-0.4, -0.2) is 10.2 Å². The molecule has 0 aliphatic rings. The second kappa shape index (κ2) is 3.04. The number of aromatic nitrogens is 2.